The SMILES string of the molecule is C/C=C(C)\C(=C(\C)C(C)C)c1c(Cl)ccc2c(CCCOc3cccc4cc(F)ccc34)c(C)n(CCC(C)CC)c12. The van der Waals surface area contributed by atoms with Gasteiger partial charge in [-0.15, -0.1) is 0 Å². The van der Waals surface area contributed by atoms with Crippen molar-refractivity contribution in [2.75, 3.05) is 6.61 Å². The molecule has 2 nitrogen and oxygen atoms in total. The van der Waals surface area contributed by atoms with E-state index < -0.39 is 0 Å². The van der Waals surface area contributed by atoms with Crippen LogP contribution in [-0.2, 0) is 13.0 Å². The number of nitrogens with zero attached hydrogens (tertiary/aromatic N) is 1. The standard InChI is InChI=1S/C38H47ClFNO/c1-9-25(5)20-21-41-28(8)31(14-12-22-42-35-15-11-13-29-23-30(40)16-17-32(29)35)33-18-19-34(39)37(38(33)41)36(26(6)10-2)27(7)24(3)4/h10-11,13,15-19,23-25H,9,12,14,20-22H2,1-8H3/b26-10-,36-27+. The average molecular weight is 588 g/mol. The molecule has 0 saturated carbocycles. The lowest BCUT2D eigenvalue weighted by atomic mass is 9.87. The first-order chi connectivity index (χ1) is 20.1. The molecule has 4 aromatic rings. The molecule has 0 bridgehead atoms. The van der Waals surface area contributed by atoms with E-state index in [2.05, 4.69) is 78.2 Å². The topological polar surface area (TPSA) is 14.2 Å². The molecule has 4 rings (SSSR count). The van der Waals surface area contributed by atoms with Gasteiger partial charge in [-0.05, 0) is 111 Å². The summed E-state index contributed by atoms with van der Waals surface area (Å²) in [4.78, 5) is 0. The molecule has 4 heteroatoms. The van der Waals surface area contributed by atoms with Crippen molar-refractivity contribution in [2.45, 2.75) is 87.6 Å². The summed E-state index contributed by atoms with van der Waals surface area (Å²) in [6, 6.07) is 15.0. The van der Waals surface area contributed by atoms with Crippen molar-refractivity contribution in [3.63, 3.8) is 0 Å². The Labute approximate surface area is 257 Å². The lowest BCUT2D eigenvalue weighted by molar-refractivity contribution is 0.314. The number of hydrogen-bond acceptors (Lipinski definition) is 1. The summed E-state index contributed by atoms with van der Waals surface area (Å²) in [6.45, 7) is 19.5. The summed E-state index contributed by atoms with van der Waals surface area (Å²) in [6.07, 6.45) is 6.29. The Morgan fingerprint density at radius 1 is 1.05 bits per heavy atom. The molecule has 1 unspecified atom stereocenters. The van der Waals surface area contributed by atoms with Crippen molar-refractivity contribution in [3.8, 4) is 5.75 Å². The van der Waals surface area contributed by atoms with E-state index in [9.17, 15) is 4.39 Å². The second-order valence-corrected chi connectivity index (χ2v) is 12.5. The Bertz CT molecular complexity index is 1620. The number of benzene rings is 3. The highest BCUT2D eigenvalue weighted by molar-refractivity contribution is 6.34. The quantitative estimate of drug-likeness (QED) is 0.119. The third kappa shape index (κ3) is 6.62. The predicted octanol–water partition coefficient (Wildman–Crippen LogP) is 11.7. The maximum atomic E-state index is 13.7. The van der Waals surface area contributed by atoms with Crippen LogP contribution < -0.4 is 4.74 Å². The molecule has 0 aliphatic rings. The molecule has 1 atom stereocenters. The Morgan fingerprint density at radius 3 is 2.48 bits per heavy atom. The van der Waals surface area contributed by atoms with Crippen molar-refractivity contribution in [1.29, 1.82) is 0 Å². The second-order valence-electron chi connectivity index (χ2n) is 12.1. The highest BCUT2D eigenvalue weighted by Crippen LogP contribution is 2.42. The highest BCUT2D eigenvalue weighted by Gasteiger charge is 2.23. The van der Waals surface area contributed by atoms with E-state index in [0.29, 0.717) is 18.4 Å². The molecule has 0 saturated heterocycles. The van der Waals surface area contributed by atoms with E-state index in [1.165, 1.54) is 51.4 Å². The van der Waals surface area contributed by atoms with Crippen LogP contribution in [0.3, 0.4) is 0 Å². The summed E-state index contributed by atoms with van der Waals surface area (Å²) >= 11 is 7.11. The van der Waals surface area contributed by atoms with Crippen molar-refractivity contribution in [1.82, 2.24) is 4.57 Å². The second kappa shape index (κ2) is 14.0. The number of rotatable bonds is 12. The number of ether oxygens (including phenoxy) is 1. The normalized spacial score (nSPS) is 13.7. The molecular weight excluding hydrogens is 541 g/mol. The van der Waals surface area contributed by atoms with Crippen LogP contribution in [0.25, 0.3) is 27.2 Å². The first kappa shape index (κ1) is 31.9. The zero-order chi connectivity index (χ0) is 30.6. The highest BCUT2D eigenvalue weighted by atomic mass is 35.5. The Balaban J connectivity index is 1.75. The number of allylic oxidation sites excluding steroid dienone is 4. The van der Waals surface area contributed by atoms with E-state index >= 15 is 0 Å². The lowest BCUT2D eigenvalue weighted by Crippen LogP contribution is -2.08. The lowest BCUT2D eigenvalue weighted by Gasteiger charge is -2.21. The van der Waals surface area contributed by atoms with Crippen molar-refractivity contribution in [3.05, 3.63) is 93.4 Å². The van der Waals surface area contributed by atoms with Crippen LogP contribution in [0.15, 0.2) is 65.8 Å². The fourth-order valence-corrected chi connectivity index (χ4v) is 6.17. The summed E-state index contributed by atoms with van der Waals surface area (Å²) in [5.41, 5.74) is 8.99. The molecule has 42 heavy (non-hydrogen) atoms. The van der Waals surface area contributed by atoms with Gasteiger partial charge in [0.15, 0.2) is 0 Å². The van der Waals surface area contributed by atoms with Gasteiger partial charge in [0.05, 0.1) is 17.1 Å². The van der Waals surface area contributed by atoms with Gasteiger partial charge < -0.3 is 9.30 Å². The monoisotopic (exact) mass is 587 g/mol. The molecular formula is C38H47ClFNO. The maximum Gasteiger partial charge on any atom is 0.127 e. The van der Waals surface area contributed by atoms with Crippen molar-refractivity contribution < 1.29 is 9.13 Å². The van der Waals surface area contributed by atoms with Gasteiger partial charge in [-0.2, -0.15) is 0 Å². The number of aromatic nitrogens is 1. The molecule has 0 amide bonds. The molecule has 0 spiro atoms. The summed E-state index contributed by atoms with van der Waals surface area (Å²) < 4.78 is 22.5. The van der Waals surface area contributed by atoms with Gasteiger partial charge in [-0.1, -0.05) is 75.6 Å². The van der Waals surface area contributed by atoms with Gasteiger partial charge in [-0.3, -0.25) is 0 Å². The van der Waals surface area contributed by atoms with Crippen molar-refractivity contribution >= 4 is 38.8 Å². The van der Waals surface area contributed by atoms with Crippen LogP contribution in [0.4, 0.5) is 4.39 Å². The molecule has 0 fully saturated rings. The minimum Gasteiger partial charge on any atom is -0.493 e. The average Bonchev–Trinajstić information content (AvgIpc) is 3.24. The third-order valence-corrected chi connectivity index (χ3v) is 9.39. The van der Waals surface area contributed by atoms with E-state index in [0.717, 1.165) is 52.9 Å². The molecule has 1 heterocycles. The third-order valence-electron chi connectivity index (χ3n) is 9.08. The summed E-state index contributed by atoms with van der Waals surface area (Å²) in [5.74, 6) is 1.63. The van der Waals surface area contributed by atoms with Gasteiger partial charge in [0, 0.05) is 28.6 Å². The predicted molar refractivity (Wildman–Crippen MR) is 180 cm³/mol. The van der Waals surface area contributed by atoms with Crippen LogP contribution in [0.2, 0.25) is 5.02 Å². The number of hydrogen-bond donors (Lipinski definition) is 0. The number of aryl methyl sites for hydroxylation is 2. The first-order valence-electron chi connectivity index (χ1n) is 15.5. The van der Waals surface area contributed by atoms with Gasteiger partial charge in [0.2, 0.25) is 0 Å². The minimum absolute atomic E-state index is 0.231. The van der Waals surface area contributed by atoms with E-state index in [1.54, 1.807) is 12.1 Å². The van der Waals surface area contributed by atoms with E-state index in [-0.39, 0.29) is 5.82 Å². The fraction of sp³-hybridized carbons (Fsp3) is 0.421. The largest absolute Gasteiger partial charge is 0.493 e. The molecule has 1 aromatic heterocycles. The van der Waals surface area contributed by atoms with Crippen LogP contribution in [0, 0.1) is 24.6 Å². The van der Waals surface area contributed by atoms with Gasteiger partial charge in [0.1, 0.15) is 11.6 Å². The Kier molecular flexibility index (Phi) is 10.6. The van der Waals surface area contributed by atoms with Crippen molar-refractivity contribution in [2.24, 2.45) is 11.8 Å². The maximum absolute atomic E-state index is 13.7. The molecule has 3 aromatic carbocycles. The molecule has 0 aliphatic carbocycles. The summed E-state index contributed by atoms with van der Waals surface area (Å²) in [5, 5.41) is 3.89. The van der Waals surface area contributed by atoms with Gasteiger partial charge >= 0.3 is 0 Å². The minimum atomic E-state index is -0.231. The molecule has 0 radical (unpaired) electrons. The molecule has 0 aliphatic heterocycles. The van der Waals surface area contributed by atoms with Crippen LogP contribution >= 0.6 is 11.6 Å². The van der Waals surface area contributed by atoms with Crippen LogP contribution in [-0.4, -0.2) is 11.2 Å². The Hall–Kier alpha value is -3.04. The first-order valence-corrected chi connectivity index (χ1v) is 15.9. The fourth-order valence-electron chi connectivity index (χ4n) is 5.92. The smallest absolute Gasteiger partial charge is 0.127 e. The zero-order valence-electron chi connectivity index (χ0n) is 26.7. The molecule has 0 N–H and O–H groups in total. The summed E-state index contributed by atoms with van der Waals surface area (Å²) in [7, 11) is 0. The Morgan fingerprint density at radius 2 is 1.79 bits per heavy atom. The molecule has 224 valence electrons. The van der Waals surface area contributed by atoms with Crippen LogP contribution in [0.5, 0.6) is 5.75 Å². The van der Waals surface area contributed by atoms with E-state index in [1.807, 2.05) is 18.2 Å². The van der Waals surface area contributed by atoms with Gasteiger partial charge in [-0.25, -0.2) is 4.39 Å². The van der Waals surface area contributed by atoms with Crippen LogP contribution in [0.1, 0.15) is 84.5 Å². The van der Waals surface area contributed by atoms with E-state index in [4.69, 9.17) is 16.3 Å². The number of fused-ring (bicyclic) bond motifs is 2. The zero-order valence-corrected chi connectivity index (χ0v) is 27.5. The number of halogens is 2. The van der Waals surface area contributed by atoms with Gasteiger partial charge in [0.25, 0.3) is 0 Å².